The molecule has 0 amide bonds. The van der Waals surface area contributed by atoms with E-state index in [1.165, 1.54) is 11.1 Å². The van der Waals surface area contributed by atoms with Crippen molar-refractivity contribution < 1.29 is 5.11 Å². The molecule has 1 unspecified atom stereocenters. The Bertz CT molecular complexity index is 560. The van der Waals surface area contributed by atoms with Crippen LogP contribution in [0.25, 0.3) is 0 Å². The molecule has 3 heteroatoms. The SMILES string of the molecule is CCc1cc(CC(O)CCc2ccccc2C)n(C)n1. The van der Waals surface area contributed by atoms with Crippen molar-refractivity contribution in [2.75, 3.05) is 0 Å². The van der Waals surface area contributed by atoms with Gasteiger partial charge in [-0.2, -0.15) is 5.10 Å². The summed E-state index contributed by atoms with van der Waals surface area (Å²) in [4.78, 5) is 0. The van der Waals surface area contributed by atoms with Gasteiger partial charge in [0.1, 0.15) is 0 Å². The molecule has 1 N–H and O–H groups in total. The maximum absolute atomic E-state index is 10.2. The zero-order valence-electron chi connectivity index (χ0n) is 12.6. The molecule has 0 spiro atoms. The first kappa shape index (κ1) is 14.8. The fourth-order valence-electron chi connectivity index (χ4n) is 2.49. The fourth-order valence-corrected chi connectivity index (χ4v) is 2.49. The maximum atomic E-state index is 10.2. The van der Waals surface area contributed by atoms with Crippen molar-refractivity contribution in [2.45, 2.75) is 45.6 Å². The monoisotopic (exact) mass is 272 g/mol. The predicted octanol–water partition coefficient (Wildman–Crippen LogP) is 2.83. The van der Waals surface area contributed by atoms with Crippen LogP contribution in [0.1, 0.15) is 35.9 Å². The molecular formula is C17H24N2O. The number of aryl methyl sites for hydroxylation is 4. The minimum absolute atomic E-state index is 0.310. The Morgan fingerprint density at radius 2 is 2.05 bits per heavy atom. The van der Waals surface area contributed by atoms with Gasteiger partial charge in [0.15, 0.2) is 0 Å². The average molecular weight is 272 g/mol. The second-order valence-electron chi connectivity index (χ2n) is 5.43. The van der Waals surface area contributed by atoms with E-state index in [9.17, 15) is 5.11 Å². The standard InChI is InChI=1S/C17H24N2O/c1-4-15-11-16(19(3)18-15)12-17(20)10-9-14-8-6-5-7-13(14)2/h5-8,11,17,20H,4,9-10,12H2,1-3H3. The van der Waals surface area contributed by atoms with Crippen LogP contribution >= 0.6 is 0 Å². The summed E-state index contributed by atoms with van der Waals surface area (Å²) in [6.45, 7) is 4.22. The highest BCUT2D eigenvalue weighted by Gasteiger charge is 2.11. The second kappa shape index (κ2) is 6.71. The van der Waals surface area contributed by atoms with Crippen molar-refractivity contribution in [1.82, 2.24) is 9.78 Å². The lowest BCUT2D eigenvalue weighted by molar-refractivity contribution is 0.162. The molecule has 0 fully saturated rings. The number of aliphatic hydroxyl groups is 1. The number of nitrogens with zero attached hydrogens (tertiary/aromatic N) is 2. The molecule has 2 rings (SSSR count). The van der Waals surface area contributed by atoms with Crippen LogP contribution in [0.3, 0.4) is 0 Å². The topological polar surface area (TPSA) is 38.0 Å². The van der Waals surface area contributed by atoms with Crippen molar-refractivity contribution in [1.29, 1.82) is 0 Å². The van der Waals surface area contributed by atoms with Crippen LogP contribution in [0.15, 0.2) is 30.3 Å². The summed E-state index contributed by atoms with van der Waals surface area (Å²) in [6, 6.07) is 10.5. The summed E-state index contributed by atoms with van der Waals surface area (Å²) < 4.78 is 1.88. The van der Waals surface area contributed by atoms with E-state index in [1.807, 2.05) is 11.7 Å². The molecular weight excluding hydrogens is 248 g/mol. The Hall–Kier alpha value is -1.61. The Morgan fingerprint density at radius 1 is 1.30 bits per heavy atom. The third-order valence-corrected chi connectivity index (χ3v) is 3.84. The van der Waals surface area contributed by atoms with E-state index in [1.54, 1.807) is 0 Å². The van der Waals surface area contributed by atoms with E-state index < -0.39 is 0 Å². The van der Waals surface area contributed by atoms with E-state index in [-0.39, 0.29) is 6.10 Å². The Morgan fingerprint density at radius 3 is 2.70 bits per heavy atom. The zero-order chi connectivity index (χ0) is 14.5. The molecule has 3 nitrogen and oxygen atoms in total. The first-order valence-electron chi connectivity index (χ1n) is 7.34. The van der Waals surface area contributed by atoms with Crippen molar-refractivity contribution in [3.63, 3.8) is 0 Å². The van der Waals surface area contributed by atoms with Crippen LogP contribution in [-0.4, -0.2) is 21.0 Å². The largest absolute Gasteiger partial charge is 0.393 e. The normalized spacial score (nSPS) is 12.6. The molecule has 0 aliphatic rings. The van der Waals surface area contributed by atoms with E-state index >= 15 is 0 Å². The number of hydrogen-bond donors (Lipinski definition) is 1. The lowest BCUT2D eigenvalue weighted by atomic mass is 10.0. The summed E-state index contributed by atoms with van der Waals surface area (Å²) in [7, 11) is 1.95. The smallest absolute Gasteiger partial charge is 0.0624 e. The van der Waals surface area contributed by atoms with Crippen molar-refractivity contribution >= 4 is 0 Å². The molecule has 1 heterocycles. The average Bonchev–Trinajstić information content (AvgIpc) is 2.78. The highest BCUT2D eigenvalue weighted by molar-refractivity contribution is 5.25. The van der Waals surface area contributed by atoms with Gasteiger partial charge < -0.3 is 5.11 Å². The summed E-state index contributed by atoms with van der Waals surface area (Å²) in [5.74, 6) is 0. The van der Waals surface area contributed by atoms with Gasteiger partial charge in [-0.05, 0) is 43.4 Å². The quantitative estimate of drug-likeness (QED) is 0.878. The molecule has 1 atom stereocenters. The van der Waals surface area contributed by atoms with Gasteiger partial charge in [-0.1, -0.05) is 31.2 Å². The molecule has 1 aromatic heterocycles. The number of rotatable bonds is 6. The molecule has 0 saturated carbocycles. The highest BCUT2D eigenvalue weighted by atomic mass is 16.3. The molecule has 0 radical (unpaired) electrons. The Kier molecular flexibility index (Phi) is 4.96. The molecule has 0 saturated heterocycles. The van der Waals surface area contributed by atoms with Gasteiger partial charge in [0, 0.05) is 19.2 Å². The van der Waals surface area contributed by atoms with Gasteiger partial charge in [0.25, 0.3) is 0 Å². The van der Waals surface area contributed by atoms with Crippen LogP contribution in [0, 0.1) is 6.92 Å². The van der Waals surface area contributed by atoms with Gasteiger partial charge in [0.05, 0.1) is 11.8 Å². The molecule has 0 aliphatic heterocycles. The number of hydrogen-bond acceptors (Lipinski definition) is 2. The van der Waals surface area contributed by atoms with Crippen molar-refractivity contribution in [3.8, 4) is 0 Å². The first-order valence-corrected chi connectivity index (χ1v) is 7.34. The highest BCUT2D eigenvalue weighted by Crippen LogP contribution is 2.14. The second-order valence-corrected chi connectivity index (χ2v) is 5.43. The van der Waals surface area contributed by atoms with E-state index in [4.69, 9.17) is 0 Å². The minimum Gasteiger partial charge on any atom is -0.393 e. The summed E-state index contributed by atoms with van der Waals surface area (Å²) in [5.41, 5.74) is 4.83. The van der Waals surface area contributed by atoms with Gasteiger partial charge in [-0.3, -0.25) is 4.68 Å². The summed E-state index contributed by atoms with van der Waals surface area (Å²) >= 11 is 0. The number of benzene rings is 1. The van der Waals surface area contributed by atoms with Crippen LogP contribution in [0.4, 0.5) is 0 Å². The van der Waals surface area contributed by atoms with Gasteiger partial charge in [0.2, 0.25) is 0 Å². The van der Waals surface area contributed by atoms with E-state index in [2.05, 4.69) is 49.3 Å². The Labute approximate surface area is 121 Å². The van der Waals surface area contributed by atoms with Crippen LogP contribution in [0.5, 0.6) is 0 Å². The third-order valence-electron chi connectivity index (χ3n) is 3.84. The maximum Gasteiger partial charge on any atom is 0.0624 e. The van der Waals surface area contributed by atoms with Gasteiger partial charge in [-0.15, -0.1) is 0 Å². The zero-order valence-corrected chi connectivity index (χ0v) is 12.6. The van der Waals surface area contributed by atoms with Gasteiger partial charge in [-0.25, -0.2) is 0 Å². The number of aliphatic hydroxyl groups excluding tert-OH is 1. The molecule has 0 bridgehead atoms. The molecule has 108 valence electrons. The lowest BCUT2D eigenvalue weighted by Crippen LogP contribution is -2.14. The number of aromatic nitrogens is 2. The predicted molar refractivity (Wildman–Crippen MR) is 81.8 cm³/mol. The molecule has 2 aromatic rings. The molecule has 1 aromatic carbocycles. The van der Waals surface area contributed by atoms with Crippen LogP contribution < -0.4 is 0 Å². The first-order chi connectivity index (χ1) is 9.60. The summed E-state index contributed by atoms with van der Waals surface area (Å²) in [6.07, 6.45) is 3.02. The van der Waals surface area contributed by atoms with Crippen LogP contribution in [-0.2, 0) is 26.3 Å². The van der Waals surface area contributed by atoms with Crippen molar-refractivity contribution in [2.24, 2.45) is 7.05 Å². The van der Waals surface area contributed by atoms with Crippen molar-refractivity contribution in [3.05, 3.63) is 52.8 Å². The molecule has 20 heavy (non-hydrogen) atoms. The minimum atomic E-state index is -0.310. The van der Waals surface area contributed by atoms with Crippen LogP contribution in [0.2, 0.25) is 0 Å². The Balaban J connectivity index is 1.91. The summed E-state index contributed by atoms with van der Waals surface area (Å²) in [5, 5.41) is 14.6. The van der Waals surface area contributed by atoms with Gasteiger partial charge >= 0.3 is 0 Å². The van der Waals surface area contributed by atoms with E-state index in [0.717, 1.165) is 30.7 Å². The molecule has 0 aliphatic carbocycles. The third kappa shape index (κ3) is 3.70. The lowest BCUT2D eigenvalue weighted by Gasteiger charge is -2.11. The van der Waals surface area contributed by atoms with E-state index in [0.29, 0.717) is 6.42 Å². The fraction of sp³-hybridized carbons (Fsp3) is 0.471.